The van der Waals surface area contributed by atoms with E-state index in [0.717, 1.165) is 5.69 Å². The van der Waals surface area contributed by atoms with Crippen molar-refractivity contribution in [1.29, 1.82) is 0 Å². The monoisotopic (exact) mass is 272 g/mol. The van der Waals surface area contributed by atoms with Crippen LogP contribution >= 0.6 is 0 Å². The predicted octanol–water partition coefficient (Wildman–Crippen LogP) is 1.47. The second-order valence-electron chi connectivity index (χ2n) is 4.36. The van der Waals surface area contributed by atoms with Crippen molar-refractivity contribution in [1.82, 2.24) is 9.88 Å². The van der Waals surface area contributed by atoms with E-state index in [-0.39, 0.29) is 5.91 Å². The first-order chi connectivity index (χ1) is 9.56. The molecule has 0 aliphatic heterocycles. The van der Waals surface area contributed by atoms with Crippen molar-refractivity contribution in [2.24, 2.45) is 5.73 Å². The van der Waals surface area contributed by atoms with Gasteiger partial charge in [0.2, 0.25) is 5.91 Å². The van der Waals surface area contributed by atoms with Gasteiger partial charge in [-0.2, -0.15) is 0 Å². The van der Waals surface area contributed by atoms with Crippen molar-refractivity contribution >= 4 is 17.6 Å². The summed E-state index contributed by atoms with van der Waals surface area (Å²) in [6.45, 7) is 1.57. The molecular formula is C14H16N4O2. The number of nitrogens with two attached hydrogens (primary N) is 1. The number of urea groups is 1. The van der Waals surface area contributed by atoms with Crippen LogP contribution in [0.15, 0.2) is 48.8 Å². The van der Waals surface area contributed by atoms with E-state index in [0.29, 0.717) is 5.69 Å². The molecule has 2 rings (SSSR count). The molecular weight excluding hydrogens is 256 g/mol. The highest BCUT2D eigenvalue weighted by Crippen LogP contribution is 2.15. The number of hydrogen-bond acceptors (Lipinski definition) is 2. The molecule has 0 bridgehead atoms. The van der Waals surface area contributed by atoms with E-state index in [2.05, 4.69) is 10.6 Å². The van der Waals surface area contributed by atoms with Gasteiger partial charge >= 0.3 is 6.03 Å². The topological polar surface area (TPSA) is 89.2 Å². The molecule has 0 aliphatic rings. The van der Waals surface area contributed by atoms with Crippen LogP contribution in [0.25, 0.3) is 5.69 Å². The molecule has 0 spiro atoms. The Kier molecular flexibility index (Phi) is 4.05. The lowest BCUT2D eigenvalue weighted by Gasteiger charge is -2.13. The van der Waals surface area contributed by atoms with Crippen LogP contribution in [0.3, 0.4) is 0 Å². The van der Waals surface area contributed by atoms with Gasteiger partial charge in [-0.1, -0.05) is 6.07 Å². The van der Waals surface area contributed by atoms with Gasteiger partial charge in [0.25, 0.3) is 0 Å². The summed E-state index contributed by atoms with van der Waals surface area (Å²) in [6, 6.07) is 9.82. The molecule has 2 aromatic rings. The predicted molar refractivity (Wildman–Crippen MR) is 76.6 cm³/mol. The van der Waals surface area contributed by atoms with Crippen molar-refractivity contribution in [2.75, 3.05) is 5.32 Å². The summed E-state index contributed by atoms with van der Waals surface area (Å²) in [6.07, 6.45) is 3.83. The molecule has 1 aromatic carbocycles. The van der Waals surface area contributed by atoms with E-state index in [1.165, 1.54) is 0 Å². The van der Waals surface area contributed by atoms with Gasteiger partial charge in [-0.25, -0.2) is 4.79 Å². The number of hydrogen-bond donors (Lipinski definition) is 3. The second kappa shape index (κ2) is 5.92. The summed E-state index contributed by atoms with van der Waals surface area (Å²) in [4.78, 5) is 22.6. The number of carbonyl (C=O) groups is 2. The molecule has 0 aliphatic carbocycles. The number of benzene rings is 1. The van der Waals surface area contributed by atoms with E-state index >= 15 is 0 Å². The zero-order chi connectivity index (χ0) is 14.5. The molecule has 0 saturated heterocycles. The standard InChI is InChI=1S/C14H16N4O2/c1-10(16-14(15)20)13(19)17-11-5-4-6-12(9-11)18-7-2-3-8-18/h2-10H,1H3,(H,17,19)(H3,15,16,20)/t10-/m0/s1. The van der Waals surface area contributed by atoms with Crippen LogP contribution in [0.2, 0.25) is 0 Å². The Morgan fingerprint density at radius 2 is 1.90 bits per heavy atom. The van der Waals surface area contributed by atoms with E-state index in [9.17, 15) is 9.59 Å². The SMILES string of the molecule is C[C@H](NC(N)=O)C(=O)Nc1cccc(-n2cccc2)c1. The van der Waals surface area contributed by atoms with Gasteiger partial charge in [-0.15, -0.1) is 0 Å². The Bertz CT molecular complexity index is 607. The number of aromatic nitrogens is 1. The number of nitrogens with one attached hydrogen (secondary N) is 2. The fraction of sp³-hybridized carbons (Fsp3) is 0.143. The fourth-order valence-corrected chi connectivity index (χ4v) is 1.78. The Labute approximate surface area is 116 Å². The van der Waals surface area contributed by atoms with Crippen LogP contribution in [0.5, 0.6) is 0 Å². The van der Waals surface area contributed by atoms with Crippen LogP contribution in [0.4, 0.5) is 10.5 Å². The highest BCUT2D eigenvalue weighted by Gasteiger charge is 2.14. The van der Waals surface area contributed by atoms with Gasteiger partial charge in [0.05, 0.1) is 0 Å². The summed E-state index contributed by atoms with van der Waals surface area (Å²) in [7, 11) is 0. The Balaban J connectivity index is 2.08. The first-order valence-corrected chi connectivity index (χ1v) is 6.16. The number of rotatable bonds is 4. The highest BCUT2D eigenvalue weighted by molar-refractivity contribution is 5.96. The summed E-state index contributed by atoms with van der Waals surface area (Å²) >= 11 is 0. The van der Waals surface area contributed by atoms with Gasteiger partial charge in [-0.3, -0.25) is 4.79 Å². The third-order valence-corrected chi connectivity index (χ3v) is 2.77. The van der Waals surface area contributed by atoms with Crippen molar-refractivity contribution < 1.29 is 9.59 Å². The molecule has 3 amide bonds. The molecule has 1 heterocycles. The highest BCUT2D eigenvalue weighted by atomic mass is 16.2. The number of primary amides is 1. The normalized spacial score (nSPS) is 11.7. The molecule has 1 atom stereocenters. The first-order valence-electron chi connectivity index (χ1n) is 6.16. The Morgan fingerprint density at radius 3 is 2.55 bits per heavy atom. The number of anilines is 1. The average molecular weight is 272 g/mol. The molecule has 20 heavy (non-hydrogen) atoms. The number of nitrogens with zero attached hydrogens (tertiary/aromatic N) is 1. The minimum Gasteiger partial charge on any atom is -0.352 e. The maximum absolute atomic E-state index is 11.9. The molecule has 0 radical (unpaired) electrons. The molecule has 104 valence electrons. The molecule has 4 N–H and O–H groups in total. The van der Waals surface area contributed by atoms with Crippen LogP contribution in [0.1, 0.15) is 6.92 Å². The Morgan fingerprint density at radius 1 is 1.20 bits per heavy atom. The molecule has 1 aromatic heterocycles. The summed E-state index contributed by atoms with van der Waals surface area (Å²) in [5.74, 6) is -0.326. The van der Waals surface area contributed by atoms with E-state index in [1.807, 2.05) is 47.3 Å². The zero-order valence-electron chi connectivity index (χ0n) is 11.0. The quantitative estimate of drug-likeness (QED) is 0.786. The Hall–Kier alpha value is -2.76. The van der Waals surface area contributed by atoms with Crippen molar-refractivity contribution in [3.05, 3.63) is 48.8 Å². The van der Waals surface area contributed by atoms with Gasteiger partial charge in [0.1, 0.15) is 6.04 Å². The van der Waals surface area contributed by atoms with Crippen molar-refractivity contribution in [3.8, 4) is 5.69 Å². The zero-order valence-corrected chi connectivity index (χ0v) is 11.0. The minimum atomic E-state index is -0.728. The molecule has 0 saturated carbocycles. The lowest BCUT2D eigenvalue weighted by atomic mass is 10.2. The minimum absolute atomic E-state index is 0.326. The fourth-order valence-electron chi connectivity index (χ4n) is 1.78. The van der Waals surface area contributed by atoms with Crippen LogP contribution < -0.4 is 16.4 Å². The lowest BCUT2D eigenvalue weighted by molar-refractivity contribution is -0.117. The van der Waals surface area contributed by atoms with E-state index in [1.54, 1.807) is 13.0 Å². The smallest absolute Gasteiger partial charge is 0.312 e. The van der Waals surface area contributed by atoms with Gasteiger partial charge < -0.3 is 20.9 Å². The number of amides is 3. The maximum Gasteiger partial charge on any atom is 0.312 e. The third-order valence-electron chi connectivity index (χ3n) is 2.77. The summed E-state index contributed by atoms with van der Waals surface area (Å²) in [5.41, 5.74) is 6.57. The van der Waals surface area contributed by atoms with Gasteiger partial charge in [-0.05, 0) is 37.3 Å². The van der Waals surface area contributed by atoms with Crippen LogP contribution in [0, 0.1) is 0 Å². The van der Waals surface area contributed by atoms with Crippen molar-refractivity contribution in [3.63, 3.8) is 0 Å². The molecule has 6 nitrogen and oxygen atoms in total. The maximum atomic E-state index is 11.9. The van der Waals surface area contributed by atoms with Crippen LogP contribution in [-0.2, 0) is 4.79 Å². The third kappa shape index (κ3) is 3.38. The first kappa shape index (κ1) is 13.7. The summed E-state index contributed by atoms with van der Waals surface area (Å²) in [5, 5.41) is 5.05. The van der Waals surface area contributed by atoms with Gasteiger partial charge in [0, 0.05) is 23.8 Å². The largest absolute Gasteiger partial charge is 0.352 e. The van der Waals surface area contributed by atoms with Crippen LogP contribution in [-0.4, -0.2) is 22.5 Å². The van der Waals surface area contributed by atoms with E-state index < -0.39 is 12.1 Å². The van der Waals surface area contributed by atoms with Gasteiger partial charge in [0.15, 0.2) is 0 Å². The molecule has 0 fully saturated rings. The molecule has 6 heteroatoms. The van der Waals surface area contributed by atoms with Crippen molar-refractivity contribution in [2.45, 2.75) is 13.0 Å². The average Bonchev–Trinajstić information content (AvgIpc) is 2.92. The molecule has 0 unspecified atom stereocenters. The summed E-state index contributed by atoms with van der Waals surface area (Å²) < 4.78 is 1.93. The number of carbonyl (C=O) groups excluding carboxylic acids is 2. The second-order valence-corrected chi connectivity index (χ2v) is 4.36. The lowest BCUT2D eigenvalue weighted by Crippen LogP contribution is -2.44. The van der Waals surface area contributed by atoms with E-state index in [4.69, 9.17) is 5.73 Å².